The third kappa shape index (κ3) is 2.79. The summed E-state index contributed by atoms with van der Waals surface area (Å²) >= 11 is 0. The van der Waals surface area contributed by atoms with Crippen molar-refractivity contribution >= 4 is 10.0 Å². The Morgan fingerprint density at radius 1 is 1.53 bits per heavy atom. The minimum atomic E-state index is -3.39. The monoisotopic (exact) mass is 231 g/mol. The second-order valence-electron chi connectivity index (χ2n) is 3.77. The molecule has 86 valence electrons. The lowest BCUT2D eigenvalue weighted by atomic mass is 10.2. The Kier molecular flexibility index (Phi) is 3.87. The third-order valence-electron chi connectivity index (χ3n) is 2.01. The quantitative estimate of drug-likeness (QED) is 0.824. The molecule has 0 fully saturated rings. The highest BCUT2D eigenvalue weighted by Crippen LogP contribution is 2.13. The molecule has 6 heteroatoms. The predicted molar refractivity (Wildman–Crippen MR) is 57.9 cm³/mol. The summed E-state index contributed by atoms with van der Waals surface area (Å²) in [6.07, 6.45) is 1.44. The van der Waals surface area contributed by atoms with Crippen molar-refractivity contribution in [2.24, 2.45) is 5.92 Å². The van der Waals surface area contributed by atoms with E-state index in [4.69, 9.17) is 0 Å². The first-order valence-corrected chi connectivity index (χ1v) is 6.42. The van der Waals surface area contributed by atoms with Crippen LogP contribution in [0.4, 0.5) is 0 Å². The normalized spacial score (nSPS) is 12.6. The zero-order valence-electron chi connectivity index (χ0n) is 9.27. The van der Waals surface area contributed by atoms with Gasteiger partial charge in [-0.1, -0.05) is 20.8 Å². The van der Waals surface area contributed by atoms with E-state index in [0.717, 1.165) is 0 Å². The molecule has 0 radical (unpaired) electrons. The van der Waals surface area contributed by atoms with Crippen molar-refractivity contribution in [2.45, 2.75) is 25.8 Å². The molecule has 1 N–H and O–H groups in total. The topological polar surface area (TPSA) is 66.1 Å². The van der Waals surface area contributed by atoms with E-state index >= 15 is 0 Å². The van der Waals surface area contributed by atoms with Crippen LogP contribution in [0, 0.1) is 5.92 Å². The van der Waals surface area contributed by atoms with E-state index in [0.29, 0.717) is 19.0 Å². The van der Waals surface area contributed by atoms with Gasteiger partial charge in [0.1, 0.15) is 0 Å². The van der Waals surface area contributed by atoms with E-state index < -0.39 is 10.0 Å². The predicted octanol–water partition coefficient (Wildman–Crippen LogP) is 1.08. The number of H-pyrrole nitrogens is 1. The smallest absolute Gasteiger partial charge is 0.259 e. The first-order chi connectivity index (χ1) is 6.98. The van der Waals surface area contributed by atoms with Gasteiger partial charge in [0.15, 0.2) is 5.03 Å². The molecule has 0 aliphatic carbocycles. The molecule has 15 heavy (non-hydrogen) atoms. The Bertz CT molecular complexity index is 383. The minimum absolute atomic E-state index is 0.157. The first kappa shape index (κ1) is 12.2. The van der Waals surface area contributed by atoms with Gasteiger partial charge in [-0.3, -0.25) is 5.10 Å². The van der Waals surface area contributed by atoms with E-state index in [1.54, 1.807) is 0 Å². The Hall–Kier alpha value is -0.880. The van der Waals surface area contributed by atoms with E-state index in [9.17, 15) is 8.42 Å². The molecule has 0 unspecified atom stereocenters. The van der Waals surface area contributed by atoms with Crippen LogP contribution in [0.25, 0.3) is 0 Å². The van der Waals surface area contributed by atoms with Crippen LogP contribution >= 0.6 is 0 Å². The summed E-state index contributed by atoms with van der Waals surface area (Å²) in [5.74, 6) is 0.308. The van der Waals surface area contributed by atoms with Gasteiger partial charge in [0.2, 0.25) is 0 Å². The lowest BCUT2D eigenvalue weighted by Gasteiger charge is -2.21. The fraction of sp³-hybridized carbons (Fsp3) is 0.667. The fourth-order valence-electron chi connectivity index (χ4n) is 1.33. The number of sulfonamides is 1. The van der Waals surface area contributed by atoms with E-state index in [1.807, 2.05) is 20.8 Å². The van der Waals surface area contributed by atoms with E-state index in [1.165, 1.54) is 16.6 Å². The average molecular weight is 231 g/mol. The summed E-state index contributed by atoms with van der Waals surface area (Å²) in [5.41, 5.74) is 0. The van der Waals surface area contributed by atoms with Crippen molar-refractivity contribution < 1.29 is 8.42 Å². The van der Waals surface area contributed by atoms with Gasteiger partial charge in [0.05, 0.1) is 6.20 Å². The molecule has 0 aliphatic heterocycles. The van der Waals surface area contributed by atoms with Gasteiger partial charge in [0.25, 0.3) is 10.0 Å². The maximum atomic E-state index is 12.0. The van der Waals surface area contributed by atoms with Gasteiger partial charge in [-0.15, -0.1) is 0 Å². The van der Waals surface area contributed by atoms with Crippen LogP contribution in [0.3, 0.4) is 0 Å². The van der Waals surface area contributed by atoms with Crippen molar-refractivity contribution in [3.05, 3.63) is 12.3 Å². The van der Waals surface area contributed by atoms with Crippen LogP contribution in [0.1, 0.15) is 20.8 Å². The van der Waals surface area contributed by atoms with Gasteiger partial charge >= 0.3 is 0 Å². The van der Waals surface area contributed by atoms with Gasteiger partial charge in [-0.25, -0.2) is 8.42 Å². The van der Waals surface area contributed by atoms with Gasteiger partial charge in [0, 0.05) is 13.1 Å². The van der Waals surface area contributed by atoms with Gasteiger partial charge < -0.3 is 0 Å². The summed E-state index contributed by atoms with van der Waals surface area (Å²) in [6, 6.07) is 1.47. The number of nitrogens with one attached hydrogen (secondary N) is 1. The molecular formula is C9H17N3O2S. The molecule has 0 aromatic carbocycles. The zero-order valence-corrected chi connectivity index (χ0v) is 10.1. The number of hydrogen-bond acceptors (Lipinski definition) is 3. The summed E-state index contributed by atoms with van der Waals surface area (Å²) in [6.45, 7) is 6.81. The lowest BCUT2D eigenvalue weighted by Crippen LogP contribution is -2.34. The van der Waals surface area contributed by atoms with Crippen LogP contribution < -0.4 is 0 Å². The largest absolute Gasteiger partial charge is 0.266 e. The van der Waals surface area contributed by atoms with Crippen molar-refractivity contribution in [2.75, 3.05) is 13.1 Å². The molecule has 1 heterocycles. The number of aromatic nitrogens is 2. The van der Waals surface area contributed by atoms with Crippen molar-refractivity contribution in [3.63, 3.8) is 0 Å². The van der Waals surface area contributed by atoms with Crippen LogP contribution in [0.2, 0.25) is 0 Å². The molecule has 1 aromatic rings. The second kappa shape index (κ2) is 4.76. The molecule has 0 saturated carbocycles. The van der Waals surface area contributed by atoms with Crippen molar-refractivity contribution in [3.8, 4) is 0 Å². The average Bonchev–Trinajstić information content (AvgIpc) is 2.66. The maximum absolute atomic E-state index is 12.0. The SMILES string of the molecule is CCN(CC(C)C)S(=O)(=O)c1ccn[nH]1. The van der Waals surface area contributed by atoms with Crippen LogP contribution in [0.15, 0.2) is 17.3 Å². The van der Waals surface area contributed by atoms with E-state index in [-0.39, 0.29) is 5.03 Å². The first-order valence-electron chi connectivity index (χ1n) is 4.98. The summed E-state index contributed by atoms with van der Waals surface area (Å²) in [7, 11) is -3.39. The van der Waals surface area contributed by atoms with Gasteiger partial charge in [-0.05, 0) is 12.0 Å². The van der Waals surface area contributed by atoms with Crippen LogP contribution in [0.5, 0.6) is 0 Å². The third-order valence-corrected chi connectivity index (χ3v) is 3.88. The molecule has 0 amide bonds. The lowest BCUT2D eigenvalue weighted by molar-refractivity contribution is 0.379. The zero-order chi connectivity index (χ0) is 11.5. The number of hydrogen-bond donors (Lipinski definition) is 1. The Morgan fingerprint density at radius 2 is 2.20 bits per heavy atom. The molecule has 0 atom stereocenters. The Balaban J connectivity index is 2.93. The molecule has 0 spiro atoms. The second-order valence-corrected chi connectivity index (χ2v) is 5.68. The van der Waals surface area contributed by atoms with Crippen LogP contribution in [-0.2, 0) is 10.0 Å². The van der Waals surface area contributed by atoms with Crippen molar-refractivity contribution in [1.29, 1.82) is 0 Å². The maximum Gasteiger partial charge on any atom is 0.259 e. The Labute approximate surface area is 90.5 Å². The standard InChI is InChI=1S/C9H17N3O2S/c1-4-12(7-8(2)3)15(13,14)9-5-6-10-11-9/h5-6,8H,4,7H2,1-3H3,(H,10,11). The molecule has 5 nitrogen and oxygen atoms in total. The summed E-state index contributed by atoms with van der Waals surface area (Å²) < 4.78 is 25.5. The molecule has 0 bridgehead atoms. The Morgan fingerprint density at radius 3 is 2.60 bits per heavy atom. The molecule has 1 rings (SSSR count). The highest BCUT2D eigenvalue weighted by Gasteiger charge is 2.24. The van der Waals surface area contributed by atoms with Gasteiger partial charge in [-0.2, -0.15) is 9.40 Å². The van der Waals surface area contributed by atoms with Crippen LogP contribution in [-0.4, -0.2) is 36.0 Å². The summed E-state index contributed by atoms with van der Waals surface area (Å²) in [5, 5.41) is 6.30. The van der Waals surface area contributed by atoms with E-state index in [2.05, 4.69) is 10.2 Å². The molecule has 0 saturated heterocycles. The molecular weight excluding hydrogens is 214 g/mol. The number of nitrogens with zero attached hydrogens (tertiary/aromatic N) is 2. The minimum Gasteiger partial charge on any atom is -0.266 e. The fourth-order valence-corrected chi connectivity index (χ4v) is 2.84. The summed E-state index contributed by atoms with van der Waals surface area (Å²) in [4.78, 5) is 0. The highest BCUT2D eigenvalue weighted by molar-refractivity contribution is 7.89. The molecule has 1 aromatic heterocycles. The highest BCUT2D eigenvalue weighted by atomic mass is 32.2. The number of aromatic amines is 1. The van der Waals surface area contributed by atoms with Crippen molar-refractivity contribution in [1.82, 2.24) is 14.5 Å². The molecule has 0 aliphatic rings. The number of rotatable bonds is 5.